The normalized spacial score (nSPS) is 16.6. The van der Waals surface area contributed by atoms with Crippen molar-refractivity contribution < 1.29 is 14.3 Å². The second-order valence-electron chi connectivity index (χ2n) is 7.34. The second kappa shape index (κ2) is 9.18. The van der Waals surface area contributed by atoms with Gasteiger partial charge in [-0.1, -0.05) is 38.1 Å². The number of hydrogen-bond acceptors (Lipinski definition) is 5. The van der Waals surface area contributed by atoms with Crippen LogP contribution < -0.4 is 14.8 Å². The molecule has 2 aromatic carbocycles. The molecule has 1 amide bonds. The first-order valence-corrected chi connectivity index (χ1v) is 10.4. The molecule has 5 nitrogen and oxygen atoms in total. The number of nitrogens with one attached hydrogen (secondary N) is 1. The van der Waals surface area contributed by atoms with E-state index in [0.29, 0.717) is 34.1 Å². The molecule has 1 saturated heterocycles. The summed E-state index contributed by atoms with van der Waals surface area (Å²) in [5.74, 6) is 1.60. The van der Waals surface area contributed by atoms with Crippen LogP contribution in [0.2, 0.25) is 0 Å². The number of nitrogens with zero attached hydrogens (tertiary/aromatic N) is 1. The smallest absolute Gasteiger partial charge is 0.264 e. The number of para-hydroxylation sites is 1. The average molecular weight is 411 g/mol. The van der Waals surface area contributed by atoms with E-state index in [1.54, 1.807) is 7.11 Å². The molecule has 0 bridgehead atoms. The maximum atomic E-state index is 12.4. The summed E-state index contributed by atoms with van der Waals surface area (Å²) in [5, 5.41) is 3.44. The molecule has 1 aliphatic heterocycles. The number of aryl methyl sites for hydroxylation is 2. The Labute approximate surface area is 176 Å². The summed E-state index contributed by atoms with van der Waals surface area (Å²) < 4.78 is 11.2. The second-order valence-corrected chi connectivity index (χ2v) is 8.37. The van der Waals surface area contributed by atoms with Crippen LogP contribution in [0.3, 0.4) is 0 Å². The van der Waals surface area contributed by atoms with Gasteiger partial charge in [-0.25, -0.2) is 4.99 Å². The van der Waals surface area contributed by atoms with Gasteiger partial charge in [0.05, 0.1) is 24.3 Å². The Morgan fingerprint density at radius 2 is 1.86 bits per heavy atom. The number of amides is 1. The summed E-state index contributed by atoms with van der Waals surface area (Å²) in [6, 6.07) is 11.7. The highest BCUT2D eigenvalue weighted by Crippen LogP contribution is 2.33. The minimum absolute atomic E-state index is 0.152. The van der Waals surface area contributed by atoms with Gasteiger partial charge in [0.15, 0.2) is 16.7 Å². The van der Waals surface area contributed by atoms with E-state index in [1.165, 1.54) is 11.8 Å². The first-order chi connectivity index (χ1) is 13.9. The molecule has 0 radical (unpaired) electrons. The predicted molar refractivity (Wildman–Crippen MR) is 120 cm³/mol. The number of aliphatic imine (C=N–C) groups is 1. The molecule has 1 aliphatic rings. The van der Waals surface area contributed by atoms with Crippen LogP contribution in [0.25, 0.3) is 6.08 Å². The minimum Gasteiger partial charge on any atom is -0.493 e. The first kappa shape index (κ1) is 21.0. The quantitative estimate of drug-likeness (QED) is 0.662. The van der Waals surface area contributed by atoms with Gasteiger partial charge in [0.1, 0.15) is 0 Å². The maximum absolute atomic E-state index is 12.4. The maximum Gasteiger partial charge on any atom is 0.264 e. The Hall–Kier alpha value is -2.73. The molecule has 29 heavy (non-hydrogen) atoms. The van der Waals surface area contributed by atoms with E-state index in [4.69, 9.17) is 9.47 Å². The lowest BCUT2D eigenvalue weighted by Crippen LogP contribution is -2.19. The third kappa shape index (κ3) is 5.21. The number of methoxy groups -OCH3 is 1. The average Bonchev–Trinajstić information content (AvgIpc) is 3.02. The van der Waals surface area contributed by atoms with E-state index < -0.39 is 0 Å². The molecule has 0 atom stereocenters. The molecular weight excluding hydrogens is 384 g/mol. The monoisotopic (exact) mass is 410 g/mol. The van der Waals surface area contributed by atoms with E-state index >= 15 is 0 Å². The molecule has 0 saturated carbocycles. The van der Waals surface area contributed by atoms with E-state index in [0.717, 1.165) is 22.4 Å². The van der Waals surface area contributed by atoms with Crippen LogP contribution in [0.5, 0.6) is 11.5 Å². The lowest BCUT2D eigenvalue weighted by Gasteiger charge is -2.13. The fourth-order valence-corrected chi connectivity index (χ4v) is 3.70. The predicted octanol–water partition coefficient (Wildman–Crippen LogP) is 5.24. The van der Waals surface area contributed by atoms with Crippen LogP contribution in [0.1, 0.15) is 30.5 Å². The molecule has 1 fully saturated rings. The van der Waals surface area contributed by atoms with Crippen LogP contribution in [-0.4, -0.2) is 24.8 Å². The molecule has 0 spiro atoms. The van der Waals surface area contributed by atoms with E-state index in [-0.39, 0.29) is 5.91 Å². The molecule has 1 heterocycles. The van der Waals surface area contributed by atoms with Crippen molar-refractivity contribution in [3.63, 3.8) is 0 Å². The highest BCUT2D eigenvalue weighted by Gasteiger charge is 2.24. The van der Waals surface area contributed by atoms with Gasteiger partial charge >= 0.3 is 0 Å². The van der Waals surface area contributed by atoms with E-state index in [1.807, 2.05) is 56.3 Å². The molecule has 1 N–H and O–H groups in total. The summed E-state index contributed by atoms with van der Waals surface area (Å²) in [6.45, 7) is 8.81. The molecule has 0 aromatic heterocycles. The Kier molecular flexibility index (Phi) is 6.64. The Bertz CT molecular complexity index is 960. The molecular formula is C23H26N2O3S. The van der Waals surface area contributed by atoms with Gasteiger partial charge in [-0.2, -0.15) is 0 Å². The van der Waals surface area contributed by atoms with Crippen LogP contribution in [-0.2, 0) is 4.79 Å². The van der Waals surface area contributed by atoms with Crippen molar-refractivity contribution in [2.45, 2.75) is 27.7 Å². The lowest BCUT2D eigenvalue weighted by atomic mass is 10.1. The zero-order valence-electron chi connectivity index (χ0n) is 17.4. The zero-order valence-corrected chi connectivity index (χ0v) is 18.2. The van der Waals surface area contributed by atoms with Crippen molar-refractivity contribution >= 4 is 34.6 Å². The Morgan fingerprint density at radius 1 is 1.14 bits per heavy atom. The molecule has 0 unspecified atom stereocenters. The van der Waals surface area contributed by atoms with Gasteiger partial charge in [0.2, 0.25) is 0 Å². The molecule has 0 aliphatic carbocycles. The standard InChI is InChI=1S/C23H26N2O3S/c1-14(2)13-28-19-11-17(9-10-18(19)27-5)12-20-22(26)25-23(29-20)24-21-15(3)7-6-8-16(21)4/h6-12,14H,13H2,1-5H3,(H,24,25,26)/b20-12-. The van der Waals surface area contributed by atoms with Gasteiger partial charge in [-0.15, -0.1) is 0 Å². The number of rotatable bonds is 6. The largest absolute Gasteiger partial charge is 0.493 e. The minimum atomic E-state index is -0.152. The third-order valence-corrected chi connectivity index (χ3v) is 5.27. The number of benzene rings is 2. The topological polar surface area (TPSA) is 59.9 Å². The molecule has 152 valence electrons. The number of amidine groups is 1. The van der Waals surface area contributed by atoms with Crippen LogP contribution >= 0.6 is 11.8 Å². The fourth-order valence-electron chi connectivity index (χ4n) is 2.87. The molecule has 3 rings (SSSR count). The Balaban J connectivity index is 1.85. The number of carbonyl (C=O) groups excluding carboxylic acids is 1. The van der Waals surface area contributed by atoms with Gasteiger partial charge < -0.3 is 14.8 Å². The van der Waals surface area contributed by atoms with Gasteiger partial charge in [0, 0.05) is 0 Å². The van der Waals surface area contributed by atoms with Crippen molar-refractivity contribution in [2.24, 2.45) is 10.9 Å². The Morgan fingerprint density at radius 3 is 2.52 bits per heavy atom. The summed E-state index contributed by atoms with van der Waals surface area (Å²) in [5.41, 5.74) is 3.92. The van der Waals surface area contributed by atoms with Crippen molar-refractivity contribution in [3.05, 3.63) is 58.0 Å². The number of hydrogen-bond donors (Lipinski definition) is 1. The number of thioether (sulfide) groups is 1. The van der Waals surface area contributed by atoms with Gasteiger partial charge in [-0.3, -0.25) is 4.79 Å². The SMILES string of the molecule is COc1ccc(/C=C2\SC(=Nc3c(C)cccc3C)NC2=O)cc1OCC(C)C. The van der Waals surface area contributed by atoms with Gasteiger partial charge in [-0.05, 0) is 66.4 Å². The van der Waals surface area contributed by atoms with Crippen LogP contribution in [0.4, 0.5) is 5.69 Å². The van der Waals surface area contributed by atoms with Crippen LogP contribution in [0, 0.1) is 19.8 Å². The molecule has 2 aromatic rings. The van der Waals surface area contributed by atoms with Crippen molar-refractivity contribution in [2.75, 3.05) is 13.7 Å². The summed E-state index contributed by atoms with van der Waals surface area (Å²) in [6.07, 6.45) is 1.84. The highest BCUT2D eigenvalue weighted by atomic mass is 32.2. The summed E-state index contributed by atoms with van der Waals surface area (Å²) in [4.78, 5) is 17.7. The van der Waals surface area contributed by atoms with Gasteiger partial charge in [0.25, 0.3) is 5.91 Å². The molecule has 6 heteroatoms. The van der Waals surface area contributed by atoms with Crippen molar-refractivity contribution in [1.82, 2.24) is 5.32 Å². The number of carbonyl (C=O) groups is 1. The lowest BCUT2D eigenvalue weighted by molar-refractivity contribution is -0.115. The van der Waals surface area contributed by atoms with Crippen molar-refractivity contribution in [1.29, 1.82) is 0 Å². The zero-order chi connectivity index (χ0) is 21.0. The first-order valence-electron chi connectivity index (χ1n) is 9.54. The van der Waals surface area contributed by atoms with Crippen molar-refractivity contribution in [3.8, 4) is 11.5 Å². The van der Waals surface area contributed by atoms with E-state index in [2.05, 4.69) is 24.2 Å². The summed E-state index contributed by atoms with van der Waals surface area (Å²) >= 11 is 1.34. The fraction of sp³-hybridized carbons (Fsp3) is 0.304. The van der Waals surface area contributed by atoms with Crippen LogP contribution in [0.15, 0.2) is 46.3 Å². The third-order valence-electron chi connectivity index (χ3n) is 4.36. The van der Waals surface area contributed by atoms with E-state index in [9.17, 15) is 4.79 Å². The summed E-state index contributed by atoms with van der Waals surface area (Å²) in [7, 11) is 1.62. The highest BCUT2D eigenvalue weighted by molar-refractivity contribution is 8.18. The number of ether oxygens (including phenoxy) is 2.